The summed E-state index contributed by atoms with van der Waals surface area (Å²) >= 11 is 0. The quantitative estimate of drug-likeness (QED) is 0.659. The molecule has 0 aliphatic heterocycles. The van der Waals surface area contributed by atoms with Crippen LogP contribution in [0.4, 0.5) is 0 Å². The molecule has 0 unspecified atom stereocenters. The first-order valence-electron chi connectivity index (χ1n) is 6.13. The SMILES string of the molecule is CCc1cccc(C=Cc2ccccc2)c1C. The predicted octanol–water partition coefficient (Wildman–Crippen LogP) is 4.73. The summed E-state index contributed by atoms with van der Waals surface area (Å²) in [6.07, 6.45) is 5.46. The molecule has 17 heavy (non-hydrogen) atoms. The zero-order chi connectivity index (χ0) is 12.1. The predicted molar refractivity (Wildman–Crippen MR) is 75.9 cm³/mol. The molecule has 2 aromatic carbocycles. The van der Waals surface area contributed by atoms with Crippen LogP contribution in [0.25, 0.3) is 12.2 Å². The van der Waals surface area contributed by atoms with Crippen molar-refractivity contribution >= 4 is 12.2 Å². The van der Waals surface area contributed by atoms with Gasteiger partial charge in [0.15, 0.2) is 0 Å². The summed E-state index contributed by atoms with van der Waals surface area (Å²) in [4.78, 5) is 0. The van der Waals surface area contributed by atoms with Gasteiger partial charge in [-0.25, -0.2) is 0 Å². The van der Waals surface area contributed by atoms with Crippen molar-refractivity contribution < 1.29 is 0 Å². The second-order valence-corrected chi connectivity index (χ2v) is 4.23. The molecule has 0 spiro atoms. The van der Waals surface area contributed by atoms with Crippen LogP contribution in [0.2, 0.25) is 0 Å². The summed E-state index contributed by atoms with van der Waals surface area (Å²) in [5.41, 5.74) is 5.38. The van der Waals surface area contributed by atoms with Crippen LogP contribution in [-0.4, -0.2) is 0 Å². The van der Waals surface area contributed by atoms with Crippen LogP contribution in [0.3, 0.4) is 0 Å². The molecule has 86 valence electrons. The fourth-order valence-electron chi connectivity index (χ4n) is 2.02. The maximum absolute atomic E-state index is 2.20. The van der Waals surface area contributed by atoms with Crippen molar-refractivity contribution in [3.8, 4) is 0 Å². The summed E-state index contributed by atoms with van der Waals surface area (Å²) < 4.78 is 0. The van der Waals surface area contributed by atoms with E-state index >= 15 is 0 Å². The molecule has 2 aromatic rings. The van der Waals surface area contributed by atoms with E-state index in [1.165, 1.54) is 22.3 Å². The molecule has 0 saturated heterocycles. The van der Waals surface area contributed by atoms with Crippen LogP contribution < -0.4 is 0 Å². The maximum Gasteiger partial charge on any atom is -0.0224 e. The van der Waals surface area contributed by atoms with Crippen LogP contribution in [0.1, 0.15) is 29.2 Å². The van der Waals surface area contributed by atoms with Crippen LogP contribution >= 0.6 is 0 Å². The van der Waals surface area contributed by atoms with Gasteiger partial charge in [0.25, 0.3) is 0 Å². The fraction of sp³-hybridized carbons (Fsp3) is 0.176. The number of benzene rings is 2. The van der Waals surface area contributed by atoms with Gasteiger partial charge >= 0.3 is 0 Å². The van der Waals surface area contributed by atoms with Crippen molar-refractivity contribution in [1.82, 2.24) is 0 Å². The second-order valence-electron chi connectivity index (χ2n) is 4.23. The Morgan fingerprint density at radius 1 is 0.882 bits per heavy atom. The van der Waals surface area contributed by atoms with E-state index in [1.54, 1.807) is 0 Å². The molecule has 0 amide bonds. The van der Waals surface area contributed by atoms with E-state index in [2.05, 4.69) is 68.5 Å². The molecule has 0 fully saturated rings. The average Bonchev–Trinajstić information content (AvgIpc) is 2.39. The second kappa shape index (κ2) is 5.49. The topological polar surface area (TPSA) is 0 Å². The zero-order valence-corrected chi connectivity index (χ0v) is 10.5. The maximum atomic E-state index is 2.20. The highest BCUT2D eigenvalue weighted by molar-refractivity contribution is 5.71. The summed E-state index contributed by atoms with van der Waals surface area (Å²) in [6, 6.07) is 16.9. The molecule has 2 rings (SSSR count). The Hall–Kier alpha value is -1.82. The van der Waals surface area contributed by atoms with Gasteiger partial charge in [-0.2, -0.15) is 0 Å². The van der Waals surface area contributed by atoms with Gasteiger partial charge in [0.2, 0.25) is 0 Å². The van der Waals surface area contributed by atoms with Gasteiger partial charge in [-0.15, -0.1) is 0 Å². The summed E-state index contributed by atoms with van der Waals surface area (Å²) in [5.74, 6) is 0. The Morgan fingerprint density at radius 3 is 2.35 bits per heavy atom. The number of aryl methyl sites for hydroxylation is 1. The smallest absolute Gasteiger partial charge is 0.0224 e. The first kappa shape index (κ1) is 11.7. The molecule has 0 heterocycles. The Morgan fingerprint density at radius 2 is 1.65 bits per heavy atom. The van der Waals surface area contributed by atoms with E-state index in [9.17, 15) is 0 Å². The molecule has 0 bridgehead atoms. The van der Waals surface area contributed by atoms with Crippen molar-refractivity contribution in [2.45, 2.75) is 20.3 Å². The first-order chi connectivity index (χ1) is 8.31. The van der Waals surface area contributed by atoms with Crippen molar-refractivity contribution in [2.24, 2.45) is 0 Å². The van der Waals surface area contributed by atoms with E-state index in [0.29, 0.717) is 0 Å². The lowest BCUT2D eigenvalue weighted by Crippen LogP contribution is -1.89. The van der Waals surface area contributed by atoms with Crippen molar-refractivity contribution in [1.29, 1.82) is 0 Å². The van der Waals surface area contributed by atoms with Crippen molar-refractivity contribution in [2.75, 3.05) is 0 Å². The van der Waals surface area contributed by atoms with Gasteiger partial charge in [0.1, 0.15) is 0 Å². The number of hydrogen-bond donors (Lipinski definition) is 0. The normalized spacial score (nSPS) is 10.9. The van der Waals surface area contributed by atoms with Crippen LogP contribution in [0.15, 0.2) is 48.5 Å². The molecule has 0 atom stereocenters. The molecule has 0 aliphatic rings. The summed E-state index contributed by atoms with van der Waals surface area (Å²) in [5, 5.41) is 0. The Labute approximate surface area is 104 Å². The van der Waals surface area contributed by atoms with Gasteiger partial charge < -0.3 is 0 Å². The molecular formula is C17H18. The lowest BCUT2D eigenvalue weighted by Gasteiger charge is -2.06. The van der Waals surface area contributed by atoms with E-state index in [0.717, 1.165) is 6.42 Å². The van der Waals surface area contributed by atoms with Gasteiger partial charge in [0, 0.05) is 0 Å². The van der Waals surface area contributed by atoms with E-state index < -0.39 is 0 Å². The monoisotopic (exact) mass is 222 g/mol. The molecule has 0 N–H and O–H groups in total. The Kier molecular flexibility index (Phi) is 3.77. The van der Waals surface area contributed by atoms with Crippen LogP contribution in [0.5, 0.6) is 0 Å². The average molecular weight is 222 g/mol. The summed E-state index contributed by atoms with van der Waals surface area (Å²) in [7, 11) is 0. The van der Waals surface area contributed by atoms with E-state index in [1.807, 2.05) is 6.07 Å². The molecular weight excluding hydrogens is 204 g/mol. The fourth-order valence-corrected chi connectivity index (χ4v) is 2.02. The van der Waals surface area contributed by atoms with Crippen LogP contribution in [-0.2, 0) is 6.42 Å². The molecule has 0 heteroatoms. The largest absolute Gasteiger partial charge is 0.0622 e. The van der Waals surface area contributed by atoms with Crippen LogP contribution in [0, 0.1) is 6.92 Å². The zero-order valence-electron chi connectivity index (χ0n) is 10.5. The number of rotatable bonds is 3. The van der Waals surface area contributed by atoms with E-state index in [4.69, 9.17) is 0 Å². The molecule has 0 saturated carbocycles. The van der Waals surface area contributed by atoms with Gasteiger partial charge in [0.05, 0.1) is 0 Å². The van der Waals surface area contributed by atoms with Crippen molar-refractivity contribution in [3.63, 3.8) is 0 Å². The van der Waals surface area contributed by atoms with Crippen molar-refractivity contribution in [3.05, 3.63) is 70.8 Å². The third-order valence-corrected chi connectivity index (χ3v) is 3.12. The van der Waals surface area contributed by atoms with E-state index in [-0.39, 0.29) is 0 Å². The molecule has 0 aromatic heterocycles. The Bertz CT molecular complexity index is 507. The molecule has 0 aliphatic carbocycles. The third kappa shape index (κ3) is 2.85. The van der Waals surface area contributed by atoms with Gasteiger partial charge in [-0.3, -0.25) is 0 Å². The molecule has 0 radical (unpaired) electrons. The summed E-state index contributed by atoms with van der Waals surface area (Å²) in [6.45, 7) is 4.40. The van der Waals surface area contributed by atoms with Gasteiger partial charge in [-0.1, -0.05) is 67.6 Å². The highest BCUT2D eigenvalue weighted by atomic mass is 14.0. The lowest BCUT2D eigenvalue weighted by molar-refractivity contribution is 1.11. The first-order valence-corrected chi connectivity index (χ1v) is 6.13. The minimum Gasteiger partial charge on any atom is -0.0622 e. The highest BCUT2D eigenvalue weighted by Crippen LogP contribution is 2.17. The minimum atomic E-state index is 1.10. The highest BCUT2D eigenvalue weighted by Gasteiger charge is 1.98. The van der Waals surface area contributed by atoms with Gasteiger partial charge in [-0.05, 0) is 35.6 Å². The Balaban J connectivity index is 2.28. The lowest BCUT2D eigenvalue weighted by atomic mass is 10.00. The standard InChI is InChI=1S/C17H18/c1-3-16-10-7-11-17(14(16)2)13-12-15-8-5-4-6-9-15/h4-13H,3H2,1-2H3. The molecule has 0 nitrogen and oxygen atoms in total. The number of hydrogen-bond acceptors (Lipinski definition) is 0. The third-order valence-electron chi connectivity index (χ3n) is 3.12. The minimum absolute atomic E-state index is 1.10.